The number of rotatable bonds is 10. The molecule has 0 bridgehead atoms. The lowest BCUT2D eigenvalue weighted by atomic mass is 10.2. The van der Waals surface area contributed by atoms with Gasteiger partial charge >= 0.3 is 0 Å². The van der Waals surface area contributed by atoms with Crippen LogP contribution in [0.1, 0.15) is 37.0 Å². The molecule has 1 fully saturated rings. The van der Waals surface area contributed by atoms with Crippen LogP contribution in [0.15, 0.2) is 46.9 Å². The minimum absolute atomic E-state index is 0.00874. The quantitative estimate of drug-likeness (QED) is 0.416. The summed E-state index contributed by atoms with van der Waals surface area (Å²) in [6.07, 6.45) is 2.21. The van der Waals surface area contributed by atoms with Crippen molar-refractivity contribution in [2.45, 2.75) is 44.5 Å². The number of hydrogen-bond donors (Lipinski definition) is 1. The van der Waals surface area contributed by atoms with Crippen molar-refractivity contribution >= 4 is 40.6 Å². The zero-order valence-corrected chi connectivity index (χ0v) is 21.0. The number of nitrogens with one attached hydrogen (secondary N) is 1. The Balaban J connectivity index is 1.38. The van der Waals surface area contributed by atoms with Crippen molar-refractivity contribution < 1.29 is 14.3 Å². The zero-order valence-electron chi connectivity index (χ0n) is 19.4. The molecule has 2 aromatic heterocycles. The molecule has 1 aromatic carbocycles. The number of thioether (sulfide) groups is 1. The van der Waals surface area contributed by atoms with E-state index in [4.69, 9.17) is 4.74 Å². The second-order valence-electron chi connectivity index (χ2n) is 7.92. The number of nitrogens with zero attached hydrogens (tertiary/aromatic N) is 4. The van der Waals surface area contributed by atoms with Gasteiger partial charge in [-0.25, -0.2) is 0 Å². The lowest BCUT2D eigenvalue weighted by Gasteiger charge is -2.18. The third-order valence-corrected chi connectivity index (χ3v) is 7.50. The van der Waals surface area contributed by atoms with E-state index in [1.165, 1.54) is 11.8 Å². The average Bonchev–Trinajstić information content (AvgIpc) is 3.62. The Labute approximate surface area is 207 Å². The lowest BCUT2D eigenvalue weighted by molar-refractivity contribution is -0.113. The van der Waals surface area contributed by atoms with Gasteiger partial charge in [-0.3, -0.25) is 14.2 Å². The smallest absolute Gasteiger partial charge is 0.253 e. The largest absolute Gasteiger partial charge is 0.376 e. The van der Waals surface area contributed by atoms with E-state index in [-0.39, 0.29) is 23.7 Å². The number of ether oxygens (including phenoxy) is 1. The molecule has 3 aromatic rings. The van der Waals surface area contributed by atoms with E-state index in [1.54, 1.807) is 40.5 Å². The van der Waals surface area contributed by atoms with Crippen molar-refractivity contribution in [1.29, 1.82) is 0 Å². The van der Waals surface area contributed by atoms with Gasteiger partial charge in [0, 0.05) is 30.9 Å². The van der Waals surface area contributed by atoms with Gasteiger partial charge in [-0.1, -0.05) is 17.8 Å². The van der Waals surface area contributed by atoms with Gasteiger partial charge in [0.2, 0.25) is 5.91 Å². The molecule has 0 radical (unpaired) electrons. The van der Waals surface area contributed by atoms with E-state index < -0.39 is 0 Å². The summed E-state index contributed by atoms with van der Waals surface area (Å²) in [5.74, 6) is 0.860. The van der Waals surface area contributed by atoms with Gasteiger partial charge in [0.1, 0.15) is 0 Å². The molecule has 0 saturated carbocycles. The zero-order chi connectivity index (χ0) is 23.9. The summed E-state index contributed by atoms with van der Waals surface area (Å²) in [5, 5.41) is 14.4. The molecule has 1 saturated heterocycles. The van der Waals surface area contributed by atoms with Crippen molar-refractivity contribution in [2.75, 3.05) is 30.8 Å². The number of anilines is 1. The van der Waals surface area contributed by atoms with Gasteiger partial charge < -0.3 is 15.0 Å². The molecular weight excluding hydrogens is 470 g/mol. The number of carbonyl (C=O) groups is 2. The van der Waals surface area contributed by atoms with Gasteiger partial charge in [0.15, 0.2) is 11.0 Å². The van der Waals surface area contributed by atoms with Crippen LogP contribution in [0.5, 0.6) is 0 Å². The Morgan fingerprint density at radius 1 is 1.21 bits per heavy atom. The lowest BCUT2D eigenvalue weighted by Crippen LogP contribution is -2.30. The predicted octanol–water partition coefficient (Wildman–Crippen LogP) is 4.40. The molecule has 1 unspecified atom stereocenters. The molecule has 1 aliphatic rings. The van der Waals surface area contributed by atoms with E-state index >= 15 is 0 Å². The molecule has 1 N–H and O–H groups in total. The number of hydrogen-bond acceptors (Lipinski definition) is 7. The standard InChI is InChI=1S/C24H29N5O3S2/c1-3-28(4-2)23(31)17-9-11-18(12-10-17)25-21(30)16-34-24-27-26-22(20-8-6-14-33-20)29(24)15-19-7-5-13-32-19/h6,8-12,14,19H,3-5,7,13,15-16H2,1-2H3,(H,25,30). The minimum Gasteiger partial charge on any atom is -0.376 e. The van der Waals surface area contributed by atoms with Crippen molar-refractivity contribution in [3.63, 3.8) is 0 Å². The Kier molecular flexibility index (Phi) is 8.36. The van der Waals surface area contributed by atoms with Gasteiger partial charge in [-0.15, -0.1) is 21.5 Å². The molecular formula is C24H29N5O3S2. The number of aromatic nitrogens is 3. The molecule has 3 heterocycles. The maximum absolute atomic E-state index is 12.6. The fourth-order valence-corrected chi connectivity index (χ4v) is 5.32. The molecule has 8 nitrogen and oxygen atoms in total. The van der Waals surface area contributed by atoms with Gasteiger partial charge in [0.25, 0.3) is 5.91 Å². The van der Waals surface area contributed by atoms with E-state index in [2.05, 4.69) is 20.1 Å². The first-order valence-corrected chi connectivity index (χ1v) is 13.4. The highest BCUT2D eigenvalue weighted by Gasteiger charge is 2.22. The summed E-state index contributed by atoms with van der Waals surface area (Å²) < 4.78 is 7.89. The van der Waals surface area contributed by atoms with Crippen LogP contribution in [0, 0.1) is 0 Å². The molecule has 34 heavy (non-hydrogen) atoms. The first-order valence-electron chi connectivity index (χ1n) is 11.5. The number of benzene rings is 1. The fraction of sp³-hybridized carbons (Fsp3) is 0.417. The first-order chi connectivity index (χ1) is 16.6. The second-order valence-corrected chi connectivity index (χ2v) is 9.81. The molecule has 1 aliphatic heterocycles. The summed E-state index contributed by atoms with van der Waals surface area (Å²) in [6.45, 7) is 6.70. The Morgan fingerprint density at radius 2 is 2.00 bits per heavy atom. The van der Waals surface area contributed by atoms with Crippen molar-refractivity contribution in [3.8, 4) is 10.7 Å². The minimum atomic E-state index is -0.142. The van der Waals surface area contributed by atoms with Crippen LogP contribution in [-0.2, 0) is 16.1 Å². The second kappa shape index (κ2) is 11.6. The van der Waals surface area contributed by atoms with Crippen molar-refractivity contribution in [3.05, 3.63) is 47.3 Å². The molecule has 4 rings (SSSR count). The molecule has 0 aliphatic carbocycles. The van der Waals surface area contributed by atoms with Gasteiger partial charge in [0.05, 0.1) is 23.3 Å². The van der Waals surface area contributed by atoms with Crippen molar-refractivity contribution in [2.24, 2.45) is 0 Å². The predicted molar refractivity (Wildman–Crippen MR) is 135 cm³/mol. The molecule has 0 spiro atoms. The van der Waals surface area contributed by atoms with Crippen LogP contribution in [-0.4, -0.2) is 63.0 Å². The van der Waals surface area contributed by atoms with Gasteiger partial charge in [-0.2, -0.15) is 0 Å². The van der Waals surface area contributed by atoms with E-state index in [1.807, 2.05) is 31.4 Å². The van der Waals surface area contributed by atoms with E-state index in [0.29, 0.717) is 36.0 Å². The van der Waals surface area contributed by atoms with Crippen LogP contribution in [0.2, 0.25) is 0 Å². The highest BCUT2D eigenvalue weighted by molar-refractivity contribution is 7.99. The Morgan fingerprint density at radius 3 is 2.65 bits per heavy atom. The molecule has 1 atom stereocenters. The SMILES string of the molecule is CCN(CC)C(=O)c1ccc(NC(=O)CSc2nnc(-c3cccs3)n2CC2CCCO2)cc1. The summed E-state index contributed by atoms with van der Waals surface area (Å²) in [7, 11) is 0. The number of amides is 2. The summed E-state index contributed by atoms with van der Waals surface area (Å²) in [5.41, 5.74) is 1.27. The number of carbonyl (C=O) groups excluding carboxylic acids is 2. The fourth-order valence-electron chi connectivity index (χ4n) is 3.86. The first kappa shape index (κ1) is 24.4. The average molecular weight is 500 g/mol. The third-order valence-electron chi connectivity index (χ3n) is 5.67. The Bertz CT molecular complexity index is 1090. The summed E-state index contributed by atoms with van der Waals surface area (Å²) in [6, 6.07) is 11.0. The maximum Gasteiger partial charge on any atom is 0.253 e. The normalized spacial score (nSPS) is 15.4. The van der Waals surface area contributed by atoms with E-state index in [0.717, 1.165) is 30.2 Å². The highest BCUT2D eigenvalue weighted by atomic mass is 32.2. The van der Waals surface area contributed by atoms with Gasteiger partial charge in [-0.05, 0) is 62.4 Å². The summed E-state index contributed by atoms with van der Waals surface area (Å²) >= 11 is 2.97. The molecule has 180 valence electrons. The van der Waals surface area contributed by atoms with Crippen molar-refractivity contribution in [1.82, 2.24) is 19.7 Å². The van der Waals surface area contributed by atoms with E-state index in [9.17, 15) is 9.59 Å². The maximum atomic E-state index is 12.6. The van der Waals surface area contributed by atoms with Crippen LogP contribution < -0.4 is 5.32 Å². The molecule has 10 heteroatoms. The van der Waals surface area contributed by atoms with Crippen LogP contribution in [0.3, 0.4) is 0 Å². The molecule has 2 amide bonds. The van der Waals surface area contributed by atoms with Crippen LogP contribution in [0.25, 0.3) is 10.7 Å². The topological polar surface area (TPSA) is 89.4 Å². The number of thiophene rings is 1. The Hall–Kier alpha value is -2.69. The highest BCUT2D eigenvalue weighted by Crippen LogP contribution is 2.29. The van der Waals surface area contributed by atoms with Crippen LogP contribution in [0.4, 0.5) is 5.69 Å². The third kappa shape index (κ3) is 5.86. The summed E-state index contributed by atoms with van der Waals surface area (Å²) in [4.78, 5) is 27.9. The monoisotopic (exact) mass is 499 g/mol. The van der Waals surface area contributed by atoms with Crippen LogP contribution >= 0.6 is 23.1 Å².